The molecule has 0 saturated carbocycles. The molecule has 6 heteroatoms. The van der Waals surface area contributed by atoms with Crippen LogP contribution in [-0.2, 0) is 4.79 Å². The first-order valence-electron chi connectivity index (χ1n) is 8.69. The van der Waals surface area contributed by atoms with Crippen molar-refractivity contribution in [1.29, 1.82) is 0 Å². The number of methoxy groups -OCH3 is 1. The number of ether oxygens (including phenoxy) is 2. The normalized spacial score (nSPS) is 12.0. The largest absolute Gasteiger partial charge is 0.493 e. The molecule has 1 amide bonds. The van der Waals surface area contributed by atoms with E-state index < -0.39 is 23.6 Å². The highest BCUT2D eigenvalue weighted by Gasteiger charge is 2.13. The molecule has 27 heavy (non-hydrogen) atoms. The third kappa shape index (κ3) is 5.81. The summed E-state index contributed by atoms with van der Waals surface area (Å²) in [6.45, 7) is 4.23. The van der Waals surface area contributed by atoms with Crippen LogP contribution in [0.5, 0.6) is 11.5 Å². The molecule has 4 nitrogen and oxygen atoms in total. The Bertz CT molecular complexity index is 821. The summed E-state index contributed by atoms with van der Waals surface area (Å²) in [5, 5.41) is 2.65. The van der Waals surface area contributed by atoms with Crippen molar-refractivity contribution in [3.8, 4) is 11.5 Å². The van der Waals surface area contributed by atoms with Gasteiger partial charge in [-0.3, -0.25) is 4.79 Å². The Hall–Kier alpha value is -2.89. The number of carbonyl (C=O) groups is 1. The molecule has 2 aromatic carbocycles. The number of nitrogens with one attached hydrogen (secondary N) is 1. The van der Waals surface area contributed by atoms with E-state index in [1.807, 2.05) is 6.92 Å². The molecule has 1 unspecified atom stereocenters. The minimum absolute atomic E-state index is 0.220. The molecular weight excluding hydrogens is 352 g/mol. The van der Waals surface area contributed by atoms with Crippen LogP contribution in [0.3, 0.4) is 0 Å². The van der Waals surface area contributed by atoms with Gasteiger partial charge in [-0.2, -0.15) is 0 Å². The number of hydrogen-bond acceptors (Lipinski definition) is 3. The summed E-state index contributed by atoms with van der Waals surface area (Å²) in [7, 11) is 1.55. The predicted octanol–water partition coefficient (Wildman–Crippen LogP) is 4.65. The first-order chi connectivity index (χ1) is 12.9. The maximum Gasteiger partial charge on any atom is 0.244 e. The lowest BCUT2D eigenvalue weighted by molar-refractivity contribution is -0.117. The van der Waals surface area contributed by atoms with Crippen molar-refractivity contribution in [2.75, 3.05) is 13.7 Å². The van der Waals surface area contributed by atoms with Crippen molar-refractivity contribution in [1.82, 2.24) is 5.32 Å². The topological polar surface area (TPSA) is 47.6 Å². The van der Waals surface area contributed by atoms with E-state index in [9.17, 15) is 13.6 Å². The van der Waals surface area contributed by atoms with Crippen LogP contribution in [0.1, 0.15) is 37.4 Å². The molecule has 0 bridgehead atoms. The van der Waals surface area contributed by atoms with Crippen LogP contribution >= 0.6 is 0 Å². The molecule has 0 radical (unpaired) electrons. The monoisotopic (exact) mass is 375 g/mol. The molecule has 1 N–H and O–H groups in total. The smallest absolute Gasteiger partial charge is 0.244 e. The average molecular weight is 375 g/mol. The molecule has 2 rings (SSSR count). The van der Waals surface area contributed by atoms with Gasteiger partial charge in [-0.1, -0.05) is 19.1 Å². The Morgan fingerprint density at radius 2 is 1.96 bits per heavy atom. The second kappa shape index (κ2) is 9.71. The zero-order valence-corrected chi connectivity index (χ0v) is 15.6. The molecule has 0 saturated heterocycles. The van der Waals surface area contributed by atoms with E-state index >= 15 is 0 Å². The van der Waals surface area contributed by atoms with Crippen molar-refractivity contribution < 1.29 is 23.0 Å². The maximum absolute atomic E-state index is 13.8. The molecule has 0 aliphatic rings. The van der Waals surface area contributed by atoms with Crippen molar-refractivity contribution in [2.24, 2.45) is 0 Å². The fourth-order valence-corrected chi connectivity index (χ4v) is 2.48. The molecule has 0 fully saturated rings. The maximum atomic E-state index is 13.8. The molecule has 2 aromatic rings. The standard InChI is InChI=1S/C21H23F2NO3/c1-4-11-27-19-9-5-15(12-20(19)26-3)6-10-21(25)24-14(2)17-8-7-16(22)13-18(17)23/h5-10,12-14H,4,11H2,1-3H3,(H,24,25)/b10-6+. The molecule has 0 spiro atoms. The first-order valence-corrected chi connectivity index (χ1v) is 8.69. The molecule has 0 aromatic heterocycles. The lowest BCUT2D eigenvalue weighted by atomic mass is 10.1. The van der Waals surface area contributed by atoms with Crippen molar-refractivity contribution in [2.45, 2.75) is 26.3 Å². The van der Waals surface area contributed by atoms with E-state index in [1.165, 1.54) is 12.1 Å². The van der Waals surface area contributed by atoms with Gasteiger partial charge in [0.2, 0.25) is 5.91 Å². The summed E-state index contributed by atoms with van der Waals surface area (Å²) >= 11 is 0. The van der Waals surface area contributed by atoms with Gasteiger partial charge in [-0.25, -0.2) is 8.78 Å². The van der Waals surface area contributed by atoms with Crippen LogP contribution in [-0.4, -0.2) is 19.6 Å². The fraction of sp³-hybridized carbons (Fsp3) is 0.286. The second-order valence-corrected chi connectivity index (χ2v) is 5.99. The number of amides is 1. The number of halogens is 2. The lowest BCUT2D eigenvalue weighted by Crippen LogP contribution is -2.25. The van der Waals surface area contributed by atoms with Crippen LogP contribution < -0.4 is 14.8 Å². The number of rotatable bonds is 8. The Morgan fingerprint density at radius 1 is 1.19 bits per heavy atom. The Balaban J connectivity index is 2.03. The third-order valence-electron chi connectivity index (χ3n) is 3.86. The molecule has 0 aliphatic heterocycles. The van der Waals surface area contributed by atoms with E-state index in [0.717, 1.165) is 24.1 Å². The van der Waals surface area contributed by atoms with Crippen LogP contribution in [0.4, 0.5) is 8.78 Å². The van der Waals surface area contributed by atoms with E-state index in [1.54, 1.807) is 38.3 Å². The number of hydrogen-bond donors (Lipinski definition) is 1. The van der Waals surface area contributed by atoms with Gasteiger partial charge >= 0.3 is 0 Å². The van der Waals surface area contributed by atoms with Crippen LogP contribution in [0.2, 0.25) is 0 Å². The van der Waals surface area contributed by atoms with E-state index in [0.29, 0.717) is 18.1 Å². The second-order valence-electron chi connectivity index (χ2n) is 5.99. The summed E-state index contributed by atoms with van der Waals surface area (Å²) in [6.07, 6.45) is 3.85. The summed E-state index contributed by atoms with van der Waals surface area (Å²) in [4.78, 5) is 12.1. The van der Waals surface area contributed by atoms with Crippen molar-refractivity contribution in [3.63, 3.8) is 0 Å². The summed E-state index contributed by atoms with van der Waals surface area (Å²) in [5.41, 5.74) is 0.976. The van der Waals surface area contributed by atoms with Gasteiger partial charge in [0.1, 0.15) is 11.6 Å². The highest BCUT2D eigenvalue weighted by molar-refractivity contribution is 5.92. The van der Waals surface area contributed by atoms with Crippen molar-refractivity contribution >= 4 is 12.0 Å². The molecule has 1 atom stereocenters. The van der Waals surface area contributed by atoms with Gasteiger partial charge in [0, 0.05) is 17.7 Å². The molecular formula is C21H23F2NO3. The number of carbonyl (C=O) groups excluding carboxylic acids is 1. The van der Waals surface area contributed by atoms with Gasteiger partial charge in [-0.05, 0) is 43.2 Å². The lowest BCUT2D eigenvalue weighted by Gasteiger charge is -2.14. The SMILES string of the molecule is CCCOc1ccc(/C=C/C(=O)NC(C)c2ccc(F)cc2F)cc1OC. The highest BCUT2D eigenvalue weighted by Crippen LogP contribution is 2.28. The Morgan fingerprint density at radius 3 is 2.63 bits per heavy atom. The van der Waals surface area contributed by atoms with E-state index in [-0.39, 0.29) is 5.56 Å². The minimum atomic E-state index is -0.695. The van der Waals surface area contributed by atoms with E-state index in [2.05, 4.69) is 5.32 Å². The summed E-state index contributed by atoms with van der Waals surface area (Å²) < 4.78 is 37.7. The zero-order valence-electron chi connectivity index (χ0n) is 15.6. The zero-order chi connectivity index (χ0) is 19.8. The van der Waals surface area contributed by atoms with Gasteiger partial charge in [0.25, 0.3) is 0 Å². The van der Waals surface area contributed by atoms with Gasteiger partial charge in [0.05, 0.1) is 19.8 Å². The van der Waals surface area contributed by atoms with Crippen LogP contribution in [0.25, 0.3) is 6.08 Å². The van der Waals surface area contributed by atoms with Crippen LogP contribution in [0.15, 0.2) is 42.5 Å². The van der Waals surface area contributed by atoms with Gasteiger partial charge in [-0.15, -0.1) is 0 Å². The van der Waals surface area contributed by atoms with Crippen LogP contribution in [0, 0.1) is 11.6 Å². The van der Waals surface area contributed by atoms with Gasteiger partial charge in [0.15, 0.2) is 11.5 Å². The minimum Gasteiger partial charge on any atom is -0.493 e. The van der Waals surface area contributed by atoms with Gasteiger partial charge < -0.3 is 14.8 Å². The Kier molecular flexibility index (Phi) is 7.34. The molecule has 144 valence electrons. The summed E-state index contributed by atoms with van der Waals surface area (Å²) in [6, 6.07) is 8.02. The predicted molar refractivity (Wildman–Crippen MR) is 101 cm³/mol. The third-order valence-corrected chi connectivity index (χ3v) is 3.86. The quantitative estimate of drug-likeness (QED) is 0.683. The highest BCUT2D eigenvalue weighted by atomic mass is 19.1. The fourth-order valence-electron chi connectivity index (χ4n) is 2.48. The Labute approximate surface area is 157 Å². The van der Waals surface area contributed by atoms with E-state index in [4.69, 9.17) is 9.47 Å². The molecule has 0 aliphatic carbocycles. The first kappa shape index (κ1) is 20.4. The van der Waals surface area contributed by atoms with Crippen molar-refractivity contribution in [3.05, 3.63) is 65.2 Å². The summed E-state index contributed by atoms with van der Waals surface area (Å²) in [5.74, 6) is -0.528. The molecule has 0 heterocycles. The average Bonchev–Trinajstić information content (AvgIpc) is 2.64. The number of benzene rings is 2.